The summed E-state index contributed by atoms with van der Waals surface area (Å²) in [6, 6.07) is 6.46. The Balaban J connectivity index is 1.43. The maximum absolute atomic E-state index is 13.5. The highest BCUT2D eigenvalue weighted by Crippen LogP contribution is 2.46. The zero-order valence-corrected chi connectivity index (χ0v) is 19.9. The van der Waals surface area contributed by atoms with Gasteiger partial charge in [-0.15, -0.1) is 5.53 Å². The minimum absolute atomic E-state index is 0.107. The molecule has 1 amide bonds. The Morgan fingerprint density at radius 2 is 2.03 bits per heavy atom. The van der Waals surface area contributed by atoms with Crippen molar-refractivity contribution in [1.29, 1.82) is 0 Å². The van der Waals surface area contributed by atoms with Crippen LogP contribution in [0.25, 0.3) is 0 Å². The van der Waals surface area contributed by atoms with E-state index in [9.17, 15) is 9.18 Å². The van der Waals surface area contributed by atoms with Crippen molar-refractivity contribution in [2.75, 3.05) is 25.3 Å². The van der Waals surface area contributed by atoms with Crippen LogP contribution in [-0.4, -0.2) is 49.5 Å². The molecule has 3 N–H and O–H groups in total. The number of halogens is 1. The molecule has 1 saturated carbocycles. The van der Waals surface area contributed by atoms with Crippen LogP contribution in [-0.2, 0) is 22.8 Å². The van der Waals surface area contributed by atoms with E-state index in [2.05, 4.69) is 47.3 Å². The number of alkyl halides is 1. The van der Waals surface area contributed by atoms with Crippen LogP contribution in [0.1, 0.15) is 57.1 Å². The third-order valence-electron chi connectivity index (χ3n) is 7.75. The summed E-state index contributed by atoms with van der Waals surface area (Å²) in [5, 5.41) is 8.76. The van der Waals surface area contributed by atoms with E-state index in [1.807, 2.05) is 12.1 Å². The first-order valence-corrected chi connectivity index (χ1v) is 12.0. The van der Waals surface area contributed by atoms with Gasteiger partial charge in [0, 0.05) is 31.8 Å². The zero-order valence-electron chi connectivity index (χ0n) is 19.9. The van der Waals surface area contributed by atoms with E-state index in [1.54, 1.807) is 17.4 Å². The minimum Gasteiger partial charge on any atom is -0.381 e. The van der Waals surface area contributed by atoms with Crippen LogP contribution in [0.3, 0.4) is 0 Å². The molecule has 4 rings (SSSR count). The first-order valence-electron chi connectivity index (χ1n) is 12.0. The van der Waals surface area contributed by atoms with Gasteiger partial charge in [-0.2, -0.15) is 5.10 Å². The Kier molecular flexibility index (Phi) is 7.51. The molecule has 0 unspecified atom stereocenters. The number of hydrogen-bond donors (Lipinski definition) is 3. The lowest BCUT2D eigenvalue weighted by Gasteiger charge is -2.37. The largest absolute Gasteiger partial charge is 0.381 e. The van der Waals surface area contributed by atoms with E-state index >= 15 is 0 Å². The van der Waals surface area contributed by atoms with Gasteiger partial charge in [-0.1, -0.05) is 19.9 Å². The van der Waals surface area contributed by atoms with Crippen molar-refractivity contribution < 1.29 is 13.9 Å². The molecule has 33 heavy (non-hydrogen) atoms. The van der Waals surface area contributed by atoms with Gasteiger partial charge in [0.2, 0.25) is 5.91 Å². The molecule has 2 aliphatic heterocycles. The number of amides is 1. The number of anilines is 1. The van der Waals surface area contributed by atoms with Crippen LogP contribution in [0.2, 0.25) is 0 Å². The summed E-state index contributed by atoms with van der Waals surface area (Å²) in [7, 11) is 2.21. The summed E-state index contributed by atoms with van der Waals surface area (Å²) in [4.78, 5) is 16.0. The van der Waals surface area contributed by atoms with Crippen molar-refractivity contribution in [3.8, 4) is 0 Å². The van der Waals surface area contributed by atoms with Crippen molar-refractivity contribution >= 4 is 17.9 Å². The van der Waals surface area contributed by atoms with Crippen molar-refractivity contribution in [3.63, 3.8) is 0 Å². The van der Waals surface area contributed by atoms with E-state index in [4.69, 9.17) is 4.74 Å². The summed E-state index contributed by atoms with van der Waals surface area (Å²) in [6.07, 6.45) is 6.51. The molecular weight excluding hydrogens is 423 g/mol. The smallest absolute Gasteiger partial charge is 0.226 e. The maximum Gasteiger partial charge on any atom is 0.226 e. The van der Waals surface area contributed by atoms with E-state index in [0.717, 1.165) is 56.6 Å². The molecule has 1 aromatic carbocycles. The Morgan fingerprint density at radius 3 is 2.70 bits per heavy atom. The molecule has 0 spiro atoms. The Bertz CT molecular complexity index is 859. The Labute approximate surface area is 195 Å². The molecule has 1 aliphatic carbocycles. The fourth-order valence-corrected chi connectivity index (χ4v) is 5.53. The number of carbonyl (C=O) groups excluding carboxylic acids is 1. The average Bonchev–Trinajstić information content (AvgIpc) is 3.54. The molecular formula is C24H37FN6O2. The van der Waals surface area contributed by atoms with Crippen LogP contribution in [0.15, 0.2) is 23.3 Å². The van der Waals surface area contributed by atoms with Gasteiger partial charge in [-0.3, -0.25) is 4.79 Å². The number of benzene rings is 1. The number of hydrazone groups is 1. The van der Waals surface area contributed by atoms with Crippen molar-refractivity contribution in [1.82, 2.24) is 21.3 Å². The van der Waals surface area contributed by atoms with Gasteiger partial charge in [-0.05, 0) is 68.3 Å². The second kappa shape index (κ2) is 10.4. The third kappa shape index (κ3) is 5.15. The number of rotatable bonds is 8. The monoisotopic (exact) mass is 460 g/mol. The molecule has 1 aromatic rings. The molecule has 1 saturated heterocycles. The van der Waals surface area contributed by atoms with E-state index in [-0.39, 0.29) is 17.2 Å². The van der Waals surface area contributed by atoms with Gasteiger partial charge in [0.15, 0.2) is 0 Å². The number of hydrazine groups is 2. The number of ether oxygens (including phenoxy) is 1. The zero-order chi connectivity index (χ0) is 23.4. The first-order chi connectivity index (χ1) is 15.9. The predicted molar refractivity (Wildman–Crippen MR) is 127 cm³/mol. The number of nitrogens with one attached hydrogen (secondary N) is 3. The number of hydrogen-bond acceptors (Lipinski definition) is 7. The first kappa shape index (κ1) is 23.9. The van der Waals surface area contributed by atoms with Crippen molar-refractivity contribution in [3.05, 3.63) is 29.3 Å². The number of carbonyl (C=O) groups is 1. The summed E-state index contributed by atoms with van der Waals surface area (Å²) in [5.74, 6) is 0.351. The molecule has 2 atom stereocenters. The fraction of sp³-hybridized carbons (Fsp3) is 0.667. The quantitative estimate of drug-likeness (QED) is 0.554. The van der Waals surface area contributed by atoms with Crippen molar-refractivity contribution in [2.45, 2.75) is 71.3 Å². The van der Waals surface area contributed by atoms with E-state index in [0.29, 0.717) is 24.2 Å². The van der Waals surface area contributed by atoms with Crippen LogP contribution in [0.4, 0.5) is 10.1 Å². The second-order valence-corrected chi connectivity index (χ2v) is 9.88. The molecule has 0 aromatic heterocycles. The normalized spacial score (nSPS) is 25.8. The summed E-state index contributed by atoms with van der Waals surface area (Å²) < 4.78 is 19.0. The van der Waals surface area contributed by atoms with Crippen LogP contribution >= 0.6 is 0 Å². The minimum atomic E-state index is -0.566. The molecule has 9 heteroatoms. The molecule has 0 bridgehead atoms. The lowest BCUT2D eigenvalue weighted by Crippen LogP contribution is -2.46. The van der Waals surface area contributed by atoms with Crippen LogP contribution in [0, 0.1) is 11.3 Å². The van der Waals surface area contributed by atoms with Crippen LogP contribution in [0.5, 0.6) is 0 Å². The van der Waals surface area contributed by atoms with E-state index in [1.165, 1.54) is 0 Å². The third-order valence-corrected chi connectivity index (χ3v) is 7.75. The maximum atomic E-state index is 13.5. The summed E-state index contributed by atoms with van der Waals surface area (Å²) in [5.41, 5.74) is 7.32. The highest BCUT2D eigenvalue weighted by Gasteiger charge is 2.48. The molecule has 8 nitrogen and oxygen atoms in total. The number of nitrogens with zero attached hydrogens (tertiary/aromatic N) is 3. The fourth-order valence-electron chi connectivity index (χ4n) is 5.53. The lowest BCUT2D eigenvalue weighted by molar-refractivity contribution is -0.133. The molecule has 0 radical (unpaired) electrons. The highest BCUT2D eigenvalue weighted by atomic mass is 19.1. The van der Waals surface area contributed by atoms with Crippen LogP contribution < -0.4 is 21.4 Å². The standard InChI is InChI=1S/C24H37FN6O2/c1-17(2)24(7-4-21(13-24)30(3)20-5-8-33-9-6-20)23(32)26-15-19-10-18(14-25)11-22(12-19)31-16-27-28-29-31/h10-12,16-17,20-21,28-29H,4-9,13-15H2,1-3H3,(H,26,32)/t21-,24+/m1/s1. The average molecular weight is 461 g/mol. The molecule has 182 valence electrons. The van der Waals surface area contributed by atoms with E-state index < -0.39 is 6.67 Å². The SMILES string of the molecule is CC(C)[C@]1(C(=O)NCc2cc(CF)cc(N3C=NNN3)c2)CC[C@@H](N(C)C2CCOCC2)C1. The van der Waals surface area contributed by atoms with Gasteiger partial charge in [0.1, 0.15) is 13.0 Å². The predicted octanol–water partition coefficient (Wildman–Crippen LogP) is 2.85. The molecule has 2 fully saturated rings. The van der Waals surface area contributed by atoms with Gasteiger partial charge in [-0.25, -0.2) is 14.9 Å². The summed E-state index contributed by atoms with van der Waals surface area (Å²) in [6.45, 7) is 5.77. The second-order valence-electron chi connectivity index (χ2n) is 9.88. The summed E-state index contributed by atoms with van der Waals surface area (Å²) >= 11 is 0. The van der Waals surface area contributed by atoms with Gasteiger partial charge in [0.25, 0.3) is 0 Å². The van der Waals surface area contributed by atoms with Crippen molar-refractivity contribution in [2.24, 2.45) is 16.4 Å². The highest BCUT2D eigenvalue weighted by molar-refractivity contribution is 5.83. The Hall–Kier alpha value is -2.23. The van der Waals surface area contributed by atoms with Gasteiger partial charge < -0.3 is 15.0 Å². The van der Waals surface area contributed by atoms with Gasteiger partial charge >= 0.3 is 0 Å². The molecule has 3 aliphatic rings. The topological polar surface area (TPSA) is 81.2 Å². The molecule has 2 heterocycles. The van der Waals surface area contributed by atoms with Gasteiger partial charge in [0.05, 0.1) is 11.1 Å². The lowest BCUT2D eigenvalue weighted by atomic mass is 9.74. The Morgan fingerprint density at radius 1 is 1.27 bits per heavy atom.